The zero-order valence-electron chi connectivity index (χ0n) is 35.6. The van der Waals surface area contributed by atoms with Crippen LogP contribution in [0.15, 0.2) is 48.5 Å². The van der Waals surface area contributed by atoms with Gasteiger partial charge in [0.1, 0.15) is 0 Å². The number of hydrogen-bond acceptors (Lipinski definition) is 4. The van der Waals surface area contributed by atoms with Crippen molar-refractivity contribution in [1.29, 1.82) is 0 Å². The molecular weight excluding hydrogens is 1010 g/mol. The Morgan fingerprint density at radius 1 is 0.250 bits per heavy atom. The summed E-state index contributed by atoms with van der Waals surface area (Å²) in [4.78, 5) is 0. The van der Waals surface area contributed by atoms with Crippen molar-refractivity contribution in [3.05, 3.63) is 48.5 Å². The summed E-state index contributed by atoms with van der Waals surface area (Å²) < 4.78 is 27.8. The van der Waals surface area contributed by atoms with E-state index < -0.39 is 0 Å². The third-order valence-corrected chi connectivity index (χ3v) is 14.6. The van der Waals surface area contributed by atoms with E-state index in [0.29, 0.717) is 26.4 Å². The Morgan fingerprint density at radius 3 is 0.700 bits per heavy atom. The highest BCUT2D eigenvalue weighted by Gasteiger charge is 2.29. The van der Waals surface area contributed by atoms with Crippen LogP contribution in [0.2, 0.25) is 0 Å². The van der Waals surface area contributed by atoms with Gasteiger partial charge in [-0.3, -0.25) is 0 Å². The monoisotopic (exact) mass is 1070 g/mol. The summed E-state index contributed by atoms with van der Waals surface area (Å²) in [6, 6.07) is 18.4. The Bertz CT molecular complexity index is 2010. The number of alkyl halides is 4. The van der Waals surface area contributed by atoms with Gasteiger partial charge in [0.25, 0.3) is 0 Å². The average Bonchev–Trinajstić information content (AvgIpc) is 3.27. The number of unbranched alkanes of at least 4 members (excludes halogenated alkanes) is 16. The van der Waals surface area contributed by atoms with Crippen LogP contribution in [0.25, 0.3) is 64.6 Å². The summed E-state index contributed by atoms with van der Waals surface area (Å²) in [5, 5.41) is 19.1. The molecule has 7 rings (SSSR count). The minimum atomic E-state index is 0.680. The maximum atomic E-state index is 6.95. The largest absolute Gasteiger partial charge is 0.489 e. The third-order valence-electron chi connectivity index (χ3n) is 12.4. The van der Waals surface area contributed by atoms with Gasteiger partial charge >= 0.3 is 0 Å². The first-order valence-corrected chi connectivity index (χ1v) is 27.7. The van der Waals surface area contributed by atoms with Gasteiger partial charge in [0, 0.05) is 64.4 Å². The van der Waals surface area contributed by atoms with E-state index in [4.69, 9.17) is 18.9 Å². The van der Waals surface area contributed by atoms with E-state index in [0.717, 1.165) is 91.5 Å². The number of rotatable bonds is 32. The van der Waals surface area contributed by atoms with Crippen molar-refractivity contribution < 1.29 is 18.9 Å². The predicted molar refractivity (Wildman–Crippen MR) is 275 cm³/mol. The quantitative estimate of drug-likeness (QED) is 0.0182. The first-order valence-electron chi connectivity index (χ1n) is 23.2. The Morgan fingerprint density at radius 2 is 0.467 bits per heavy atom. The summed E-state index contributed by atoms with van der Waals surface area (Å²) in [6.07, 6.45) is 23.7. The summed E-state index contributed by atoms with van der Waals surface area (Å²) in [7, 11) is 0. The van der Waals surface area contributed by atoms with Gasteiger partial charge in [-0.2, -0.15) is 0 Å². The molecule has 4 nitrogen and oxygen atoms in total. The highest BCUT2D eigenvalue weighted by atomic mass is 79.9. The molecule has 0 unspecified atom stereocenters. The fourth-order valence-corrected chi connectivity index (χ4v) is 10.9. The smallest absolute Gasteiger partial charge is 0.169 e. The molecule has 7 aromatic carbocycles. The number of halogens is 4. The molecule has 0 amide bonds. The predicted octanol–water partition coefficient (Wildman–Crippen LogP) is 17.8. The van der Waals surface area contributed by atoms with Crippen LogP contribution in [0, 0.1) is 0 Å². The molecule has 0 aliphatic heterocycles. The van der Waals surface area contributed by atoms with Crippen molar-refractivity contribution in [1.82, 2.24) is 0 Å². The Hall–Kier alpha value is -2.00. The van der Waals surface area contributed by atoms with E-state index in [2.05, 4.69) is 112 Å². The SMILES string of the molecule is BrCCCCCCCOc1c(OCCCCCCCBr)c2ccc3ccc4c(OCCCCCCCBr)c(OCCCCCCCBr)c5ccc6ccc1c1c6c5c4c3c21. The Labute approximate surface area is 392 Å². The summed E-state index contributed by atoms with van der Waals surface area (Å²) in [5.41, 5.74) is 0. The Kier molecular flexibility index (Phi) is 18.5. The van der Waals surface area contributed by atoms with Crippen LogP contribution in [-0.4, -0.2) is 47.7 Å². The second kappa shape index (κ2) is 24.2. The van der Waals surface area contributed by atoms with E-state index in [1.807, 2.05) is 0 Å². The molecule has 7 aromatic rings. The van der Waals surface area contributed by atoms with Crippen LogP contribution in [0.3, 0.4) is 0 Å². The van der Waals surface area contributed by atoms with E-state index in [1.165, 1.54) is 146 Å². The van der Waals surface area contributed by atoms with E-state index in [1.54, 1.807) is 0 Å². The number of ether oxygens (including phenoxy) is 4. The molecule has 0 N–H and O–H groups in total. The van der Waals surface area contributed by atoms with Gasteiger partial charge in [-0.15, -0.1) is 0 Å². The van der Waals surface area contributed by atoms with E-state index in [-0.39, 0.29) is 0 Å². The number of hydrogen-bond donors (Lipinski definition) is 0. The molecular formula is C52H64Br4O4. The second-order valence-electron chi connectivity index (χ2n) is 16.7. The molecule has 0 bridgehead atoms. The molecule has 0 aliphatic rings. The summed E-state index contributed by atoms with van der Waals surface area (Å²) in [5.74, 6) is 3.61. The zero-order valence-corrected chi connectivity index (χ0v) is 41.9. The van der Waals surface area contributed by atoms with Crippen LogP contribution < -0.4 is 18.9 Å². The molecule has 8 heteroatoms. The first kappa shape index (κ1) is 46.0. The van der Waals surface area contributed by atoms with Crippen LogP contribution in [-0.2, 0) is 0 Å². The first-order chi connectivity index (χ1) is 29.7. The standard InChI is InChI=1S/C52H64Br4O4/c53-29-13-5-1-9-17-33-57-49-39-25-21-37-23-27-41-47-43(37)45(39)46-40(50(49)58-34-18-10-2-6-14-30-54)26-22-38-24-28-42(48(47)44(38)46)52(60-36-20-12-4-8-16-32-56)51(41)59-35-19-11-3-7-15-31-55/h21-28H,1-20,29-36H2. The molecule has 0 fully saturated rings. The molecule has 0 radical (unpaired) electrons. The van der Waals surface area contributed by atoms with Crippen LogP contribution in [0.4, 0.5) is 0 Å². The van der Waals surface area contributed by atoms with Crippen molar-refractivity contribution in [3.8, 4) is 23.0 Å². The third kappa shape index (κ3) is 10.7. The molecule has 0 saturated heterocycles. The minimum Gasteiger partial charge on any atom is -0.489 e. The highest BCUT2D eigenvalue weighted by molar-refractivity contribution is 9.09. The molecule has 0 spiro atoms. The van der Waals surface area contributed by atoms with Crippen LogP contribution in [0.1, 0.15) is 128 Å². The second-order valence-corrected chi connectivity index (χ2v) is 19.9. The van der Waals surface area contributed by atoms with Crippen LogP contribution >= 0.6 is 63.7 Å². The van der Waals surface area contributed by atoms with Crippen LogP contribution in [0.5, 0.6) is 23.0 Å². The molecule has 0 aliphatic carbocycles. The average molecular weight is 1070 g/mol. The van der Waals surface area contributed by atoms with E-state index in [9.17, 15) is 0 Å². The molecule has 324 valence electrons. The normalized spacial score (nSPS) is 12.2. The highest BCUT2D eigenvalue weighted by Crippen LogP contribution is 2.57. The topological polar surface area (TPSA) is 36.9 Å². The number of benzene rings is 7. The maximum absolute atomic E-state index is 6.95. The minimum absolute atomic E-state index is 0.680. The van der Waals surface area contributed by atoms with Gasteiger partial charge in [-0.25, -0.2) is 0 Å². The van der Waals surface area contributed by atoms with Gasteiger partial charge in [0.15, 0.2) is 23.0 Å². The van der Waals surface area contributed by atoms with Crippen molar-refractivity contribution in [2.45, 2.75) is 128 Å². The van der Waals surface area contributed by atoms with Gasteiger partial charge in [0.2, 0.25) is 0 Å². The molecule has 0 aromatic heterocycles. The lowest BCUT2D eigenvalue weighted by Crippen LogP contribution is -2.07. The Balaban J connectivity index is 1.35. The molecule has 60 heavy (non-hydrogen) atoms. The lowest BCUT2D eigenvalue weighted by atomic mass is 9.82. The van der Waals surface area contributed by atoms with E-state index >= 15 is 0 Å². The summed E-state index contributed by atoms with van der Waals surface area (Å²) >= 11 is 14.4. The molecule has 0 atom stereocenters. The molecule has 0 saturated carbocycles. The molecule has 0 heterocycles. The van der Waals surface area contributed by atoms with Crippen molar-refractivity contribution in [3.63, 3.8) is 0 Å². The fraction of sp³-hybridized carbons (Fsp3) is 0.538. The maximum Gasteiger partial charge on any atom is 0.169 e. The van der Waals surface area contributed by atoms with Gasteiger partial charge in [-0.1, -0.05) is 165 Å². The van der Waals surface area contributed by atoms with Gasteiger partial charge < -0.3 is 18.9 Å². The lowest BCUT2D eigenvalue weighted by Gasteiger charge is -2.26. The van der Waals surface area contributed by atoms with Crippen molar-refractivity contribution in [2.24, 2.45) is 0 Å². The zero-order chi connectivity index (χ0) is 41.5. The van der Waals surface area contributed by atoms with Crippen molar-refractivity contribution in [2.75, 3.05) is 47.7 Å². The lowest BCUT2D eigenvalue weighted by molar-refractivity contribution is 0.263. The van der Waals surface area contributed by atoms with Gasteiger partial charge in [0.05, 0.1) is 26.4 Å². The van der Waals surface area contributed by atoms with Crippen molar-refractivity contribution >= 4 is 128 Å². The summed E-state index contributed by atoms with van der Waals surface area (Å²) in [6.45, 7) is 2.72. The fourth-order valence-electron chi connectivity index (χ4n) is 9.30. The van der Waals surface area contributed by atoms with Gasteiger partial charge in [-0.05, 0) is 97.2 Å².